The lowest BCUT2D eigenvalue weighted by atomic mass is 10.1. The van der Waals surface area contributed by atoms with Crippen LogP contribution in [0.15, 0.2) is 53.4 Å². The predicted molar refractivity (Wildman–Crippen MR) is 109 cm³/mol. The fourth-order valence-electron chi connectivity index (χ4n) is 2.79. The largest absolute Gasteiger partial charge is 0.355 e. The molecule has 6 heteroatoms. The molecule has 2 rings (SSSR count). The molecule has 0 atom stereocenters. The quantitative estimate of drug-likeness (QED) is 0.750. The second-order valence-corrected chi connectivity index (χ2v) is 9.01. The van der Waals surface area contributed by atoms with Gasteiger partial charge in [-0.25, -0.2) is 8.42 Å². The number of carbonyl (C=O) groups is 1. The van der Waals surface area contributed by atoms with E-state index >= 15 is 0 Å². The second kappa shape index (κ2) is 9.04. The van der Waals surface area contributed by atoms with Crippen LogP contribution in [0.1, 0.15) is 31.4 Å². The number of benzene rings is 2. The van der Waals surface area contributed by atoms with Crippen LogP contribution in [0.4, 0.5) is 5.69 Å². The zero-order chi connectivity index (χ0) is 20.0. The molecule has 146 valence electrons. The molecule has 1 N–H and O–H groups in total. The summed E-state index contributed by atoms with van der Waals surface area (Å²) >= 11 is 0. The van der Waals surface area contributed by atoms with E-state index in [9.17, 15) is 13.2 Å². The number of hydrogen-bond acceptors (Lipinski definition) is 3. The number of nitrogens with one attached hydrogen (secondary N) is 1. The van der Waals surface area contributed by atoms with Crippen LogP contribution in [-0.4, -0.2) is 27.4 Å². The normalized spacial score (nSPS) is 11.4. The fraction of sp³-hybridized carbons (Fsp3) is 0.381. The summed E-state index contributed by atoms with van der Waals surface area (Å²) in [6.45, 7) is 8.24. The number of aryl methyl sites for hydroxylation is 2. The molecule has 1 amide bonds. The standard InChI is InChI=1S/C21H28N2O3S/c1-16(2)12-13-22-21(24)15-23(20-11-10-17(3)14-18(20)4)27(25,26)19-8-6-5-7-9-19/h5-11,14,16H,12-13,15H2,1-4H3,(H,22,24). The molecule has 0 aliphatic rings. The zero-order valence-corrected chi connectivity index (χ0v) is 17.2. The summed E-state index contributed by atoms with van der Waals surface area (Å²) in [4.78, 5) is 12.6. The molecule has 0 bridgehead atoms. The van der Waals surface area contributed by atoms with Gasteiger partial charge in [0.2, 0.25) is 5.91 Å². The van der Waals surface area contributed by atoms with E-state index in [-0.39, 0.29) is 17.3 Å². The van der Waals surface area contributed by atoms with Crippen molar-refractivity contribution in [1.82, 2.24) is 5.32 Å². The van der Waals surface area contributed by atoms with Crippen molar-refractivity contribution in [3.05, 3.63) is 59.7 Å². The van der Waals surface area contributed by atoms with E-state index in [2.05, 4.69) is 19.2 Å². The summed E-state index contributed by atoms with van der Waals surface area (Å²) in [5.74, 6) is 0.156. The number of anilines is 1. The number of hydrogen-bond donors (Lipinski definition) is 1. The van der Waals surface area contributed by atoms with Gasteiger partial charge in [-0.15, -0.1) is 0 Å². The van der Waals surface area contributed by atoms with Gasteiger partial charge in [0.25, 0.3) is 10.0 Å². The molecule has 2 aromatic carbocycles. The maximum Gasteiger partial charge on any atom is 0.264 e. The van der Waals surface area contributed by atoms with Gasteiger partial charge in [-0.3, -0.25) is 9.10 Å². The molecule has 27 heavy (non-hydrogen) atoms. The maximum absolute atomic E-state index is 13.2. The van der Waals surface area contributed by atoms with E-state index < -0.39 is 10.0 Å². The highest BCUT2D eigenvalue weighted by molar-refractivity contribution is 7.92. The van der Waals surface area contributed by atoms with Crippen molar-refractivity contribution in [3.8, 4) is 0 Å². The van der Waals surface area contributed by atoms with Crippen molar-refractivity contribution in [2.24, 2.45) is 5.92 Å². The molecule has 0 spiro atoms. The number of carbonyl (C=O) groups excluding carboxylic acids is 1. The van der Waals surface area contributed by atoms with Crippen molar-refractivity contribution in [2.45, 2.75) is 39.0 Å². The van der Waals surface area contributed by atoms with E-state index in [4.69, 9.17) is 0 Å². The average Bonchev–Trinajstić information content (AvgIpc) is 2.60. The highest BCUT2D eigenvalue weighted by Crippen LogP contribution is 2.27. The van der Waals surface area contributed by atoms with Gasteiger partial charge in [-0.1, -0.05) is 49.7 Å². The van der Waals surface area contributed by atoms with Crippen LogP contribution in [-0.2, 0) is 14.8 Å². The number of nitrogens with zero attached hydrogens (tertiary/aromatic N) is 1. The molecule has 0 radical (unpaired) electrons. The summed E-state index contributed by atoms with van der Waals surface area (Å²) in [7, 11) is -3.85. The Balaban J connectivity index is 2.36. The minimum Gasteiger partial charge on any atom is -0.355 e. The number of sulfonamides is 1. The first-order chi connectivity index (χ1) is 12.7. The molecule has 0 aliphatic carbocycles. The van der Waals surface area contributed by atoms with Crippen LogP contribution >= 0.6 is 0 Å². The van der Waals surface area contributed by atoms with Gasteiger partial charge in [0.15, 0.2) is 0 Å². The van der Waals surface area contributed by atoms with E-state index in [1.165, 1.54) is 4.31 Å². The third-order valence-electron chi connectivity index (χ3n) is 4.28. The first-order valence-corrected chi connectivity index (χ1v) is 10.6. The first kappa shape index (κ1) is 21.0. The van der Waals surface area contributed by atoms with Crippen LogP contribution in [0, 0.1) is 19.8 Å². The van der Waals surface area contributed by atoms with Crippen molar-refractivity contribution >= 4 is 21.6 Å². The van der Waals surface area contributed by atoms with Gasteiger partial charge < -0.3 is 5.32 Å². The van der Waals surface area contributed by atoms with Crippen LogP contribution in [0.5, 0.6) is 0 Å². The highest BCUT2D eigenvalue weighted by atomic mass is 32.2. The third kappa shape index (κ3) is 5.57. The Bertz CT molecular complexity index is 878. The lowest BCUT2D eigenvalue weighted by Crippen LogP contribution is -2.41. The van der Waals surface area contributed by atoms with E-state index in [1.54, 1.807) is 36.4 Å². The number of rotatable bonds is 8. The molecule has 0 aliphatic heterocycles. The van der Waals surface area contributed by atoms with Crippen LogP contribution in [0.2, 0.25) is 0 Å². The van der Waals surface area contributed by atoms with E-state index in [0.717, 1.165) is 17.5 Å². The van der Waals surface area contributed by atoms with Crippen LogP contribution in [0.25, 0.3) is 0 Å². The van der Waals surface area contributed by atoms with Gasteiger partial charge in [0.05, 0.1) is 10.6 Å². The topological polar surface area (TPSA) is 66.5 Å². The molecular formula is C21H28N2O3S. The second-order valence-electron chi connectivity index (χ2n) is 7.15. The molecular weight excluding hydrogens is 360 g/mol. The molecule has 0 heterocycles. The van der Waals surface area contributed by atoms with Crippen molar-refractivity contribution in [3.63, 3.8) is 0 Å². The van der Waals surface area contributed by atoms with Crippen molar-refractivity contribution in [1.29, 1.82) is 0 Å². The summed E-state index contributed by atoms with van der Waals surface area (Å²) < 4.78 is 27.7. The molecule has 0 saturated carbocycles. The summed E-state index contributed by atoms with van der Waals surface area (Å²) in [5, 5.41) is 2.82. The first-order valence-electron chi connectivity index (χ1n) is 9.13. The Morgan fingerprint density at radius 2 is 1.74 bits per heavy atom. The molecule has 0 unspecified atom stereocenters. The average molecular weight is 389 g/mol. The Labute approximate surface area is 162 Å². The van der Waals surface area contributed by atoms with Gasteiger partial charge in [0.1, 0.15) is 6.54 Å². The fourth-order valence-corrected chi connectivity index (χ4v) is 4.30. The highest BCUT2D eigenvalue weighted by Gasteiger charge is 2.28. The maximum atomic E-state index is 13.2. The minimum absolute atomic E-state index is 0.167. The van der Waals surface area contributed by atoms with Gasteiger partial charge in [0, 0.05) is 6.54 Å². The van der Waals surface area contributed by atoms with Gasteiger partial charge in [-0.2, -0.15) is 0 Å². The monoisotopic (exact) mass is 388 g/mol. The number of amides is 1. The predicted octanol–water partition coefficient (Wildman–Crippen LogP) is 3.66. The molecule has 0 fully saturated rings. The summed E-state index contributed by atoms with van der Waals surface area (Å²) in [6.07, 6.45) is 0.848. The van der Waals surface area contributed by atoms with Gasteiger partial charge >= 0.3 is 0 Å². The van der Waals surface area contributed by atoms with E-state index in [0.29, 0.717) is 18.2 Å². The Hall–Kier alpha value is -2.34. The van der Waals surface area contributed by atoms with Crippen molar-refractivity contribution in [2.75, 3.05) is 17.4 Å². The van der Waals surface area contributed by atoms with Gasteiger partial charge in [-0.05, 0) is 49.9 Å². The molecule has 2 aromatic rings. The Kier molecular flexibility index (Phi) is 7.02. The molecule has 0 saturated heterocycles. The Morgan fingerprint density at radius 3 is 2.33 bits per heavy atom. The molecule has 5 nitrogen and oxygen atoms in total. The van der Waals surface area contributed by atoms with Crippen molar-refractivity contribution < 1.29 is 13.2 Å². The zero-order valence-electron chi connectivity index (χ0n) is 16.4. The smallest absolute Gasteiger partial charge is 0.264 e. The molecule has 0 aromatic heterocycles. The van der Waals surface area contributed by atoms with Crippen LogP contribution in [0.3, 0.4) is 0 Å². The summed E-state index contributed by atoms with van der Waals surface area (Å²) in [5.41, 5.74) is 2.36. The lowest BCUT2D eigenvalue weighted by molar-refractivity contribution is -0.119. The lowest BCUT2D eigenvalue weighted by Gasteiger charge is -2.26. The van der Waals surface area contributed by atoms with Crippen LogP contribution < -0.4 is 9.62 Å². The van der Waals surface area contributed by atoms with E-state index in [1.807, 2.05) is 26.0 Å². The minimum atomic E-state index is -3.85. The Morgan fingerprint density at radius 1 is 1.07 bits per heavy atom. The SMILES string of the molecule is Cc1ccc(N(CC(=O)NCCC(C)C)S(=O)(=O)c2ccccc2)c(C)c1. The third-order valence-corrected chi connectivity index (χ3v) is 6.06. The summed E-state index contributed by atoms with van der Waals surface area (Å²) in [6, 6.07) is 13.7.